The first-order valence-electron chi connectivity index (χ1n) is 9.84. The van der Waals surface area contributed by atoms with Crippen LogP contribution in [0.4, 0.5) is 5.69 Å². The van der Waals surface area contributed by atoms with E-state index in [0.29, 0.717) is 12.1 Å². The molecule has 1 aromatic heterocycles. The molecule has 3 heterocycles. The number of hydrogen-bond acceptors (Lipinski definition) is 4. The zero-order chi connectivity index (χ0) is 18.0. The fourth-order valence-electron chi connectivity index (χ4n) is 4.25. The number of hydrogen-bond donors (Lipinski definition) is 1. The summed E-state index contributed by atoms with van der Waals surface area (Å²) in [5.41, 5.74) is 2.44. The fourth-order valence-corrected chi connectivity index (χ4v) is 4.25. The average molecular weight is 354 g/mol. The van der Waals surface area contributed by atoms with Crippen LogP contribution in [0.5, 0.6) is 0 Å². The Labute approximate surface area is 156 Å². The molecule has 0 radical (unpaired) electrons. The minimum atomic E-state index is 0.0208. The van der Waals surface area contributed by atoms with Gasteiger partial charge < -0.3 is 15.0 Å². The van der Waals surface area contributed by atoms with E-state index < -0.39 is 0 Å². The number of benzene rings is 1. The van der Waals surface area contributed by atoms with Gasteiger partial charge in [-0.15, -0.1) is 0 Å². The molecule has 4 rings (SSSR count). The molecule has 2 fully saturated rings. The molecule has 1 aromatic carbocycles. The minimum Gasteiger partial charge on any atom is -0.375 e. The van der Waals surface area contributed by atoms with E-state index in [1.165, 1.54) is 18.5 Å². The summed E-state index contributed by atoms with van der Waals surface area (Å²) in [5.74, 6) is 0. The van der Waals surface area contributed by atoms with E-state index in [0.717, 1.165) is 38.2 Å². The summed E-state index contributed by atoms with van der Waals surface area (Å²) in [6, 6.07) is 11.9. The molecule has 5 heteroatoms. The molecule has 0 saturated carbocycles. The first kappa shape index (κ1) is 17.6. The Morgan fingerprint density at radius 3 is 2.42 bits per heavy atom. The van der Waals surface area contributed by atoms with Crippen LogP contribution in [0.2, 0.25) is 0 Å². The van der Waals surface area contributed by atoms with Crippen LogP contribution in [0.15, 0.2) is 42.7 Å². The molecule has 0 aliphatic carbocycles. The summed E-state index contributed by atoms with van der Waals surface area (Å²) < 4.78 is 7.74. The maximum Gasteiger partial charge on any atom is 0.0647 e. The van der Waals surface area contributed by atoms with E-state index in [2.05, 4.69) is 53.4 Å². The second-order valence-corrected chi connectivity index (χ2v) is 8.19. The zero-order valence-corrected chi connectivity index (χ0v) is 15.9. The predicted octanol–water partition coefficient (Wildman–Crippen LogP) is 3.39. The second kappa shape index (κ2) is 7.41. The number of rotatable bonds is 4. The van der Waals surface area contributed by atoms with Gasteiger partial charge in [0.25, 0.3) is 0 Å². The largest absolute Gasteiger partial charge is 0.375 e. The maximum atomic E-state index is 5.84. The number of piperidine rings is 1. The van der Waals surface area contributed by atoms with E-state index in [1.807, 2.05) is 23.1 Å². The third-order valence-electron chi connectivity index (χ3n) is 5.65. The highest BCUT2D eigenvalue weighted by atomic mass is 16.5. The molecule has 1 N–H and O–H groups in total. The van der Waals surface area contributed by atoms with Gasteiger partial charge >= 0.3 is 0 Å². The number of ether oxygens (including phenoxy) is 1. The van der Waals surface area contributed by atoms with Crippen molar-refractivity contribution in [2.45, 2.75) is 57.2 Å². The Morgan fingerprint density at radius 2 is 1.77 bits per heavy atom. The van der Waals surface area contributed by atoms with Gasteiger partial charge in [0.05, 0.1) is 11.3 Å². The predicted molar refractivity (Wildman–Crippen MR) is 105 cm³/mol. The normalized spacial score (nSPS) is 23.9. The van der Waals surface area contributed by atoms with Gasteiger partial charge in [-0.1, -0.05) is 0 Å². The van der Waals surface area contributed by atoms with Crippen molar-refractivity contribution in [1.82, 2.24) is 15.1 Å². The molecule has 1 unspecified atom stereocenters. The van der Waals surface area contributed by atoms with Crippen molar-refractivity contribution in [2.75, 3.05) is 24.6 Å². The van der Waals surface area contributed by atoms with Gasteiger partial charge in [0.15, 0.2) is 0 Å². The number of nitrogens with one attached hydrogen (secondary N) is 1. The lowest BCUT2D eigenvalue weighted by Gasteiger charge is -2.40. The standard InChI is InChI=1S/C21H30N4O/c1-21(2)16-18(10-15-26-21)23-17-8-13-24(14-9-17)19-4-6-20(7-5-19)25-12-3-11-22-25/h3-7,11-12,17-18,23H,8-10,13-16H2,1-2H3. The van der Waals surface area contributed by atoms with Crippen molar-refractivity contribution in [3.05, 3.63) is 42.7 Å². The SMILES string of the molecule is CC1(C)CC(NC2CCN(c3ccc(-n4cccn4)cc3)CC2)CCO1. The smallest absolute Gasteiger partial charge is 0.0647 e. The van der Waals surface area contributed by atoms with Crippen LogP contribution in [-0.4, -0.2) is 47.2 Å². The first-order chi connectivity index (χ1) is 12.6. The van der Waals surface area contributed by atoms with Crippen LogP contribution in [-0.2, 0) is 4.74 Å². The monoisotopic (exact) mass is 354 g/mol. The Bertz CT molecular complexity index is 687. The van der Waals surface area contributed by atoms with Crippen molar-refractivity contribution in [2.24, 2.45) is 0 Å². The van der Waals surface area contributed by atoms with E-state index in [-0.39, 0.29) is 5.60 Å². The molecule has 0 bridgehead atoms. The molecule has 2 aromatic rings. The molecule has 26 heavy (non-hydrogen) atoms. The van der Waals surface area contributed by atoms with Gasteiger partial charge in [0, 0.05) is 49.9 Å². The molecule has 1 atom stereocenters. The van der Waals surface area contributed by atoms with Crippen molar-refractivity contribution < 1.29 is 4.74 Å². The van der Waals surface area contributed by atoms with E-state index >= 15 is 0 Å². The number of aromatic nitrogens is 2. The summed E-state index contributed by atoms with van der Waals surface area (Å²) in [6.45, 7) is 7.52. The fraction of sp³-hybridized carbons (Fsp3) is 0.571. The Hall–Kier alpha value is -1.85. The van der Waals surface area contributed by atoms with Crippen molar-refractivity contribution in [1.29, 1.82) is 0 Å². The van der Waals surface area contributed by atoms with Gasteiger partial charge in [-0.3, -0.25) is 0 Å². The Morgan fingerprint density at radius 1 is 1.04 bits per heavy atom. The van der Waals surface area contributed by atoms with Crippen molar-refractivity contribution in [3.8, 4) is 5.69 Å². The topological polar surface area (TPSA) is 42.3 Å². The van der Waals surface area contributed by atoms with Gasteiger partial charge in [-0.25, -0.2) is 4.68 Å². The highest BCUT2D eigenvalue weighted by Gasteiger charge is 2.30. The molecule has 5 nitrogen and oxygen atoms in total. The van der Waals surface area contributed by atoms with Crippen LogP contribution >= 0.6 is 0 Å². The van der Waals surface area contributed by atoms with Crippen LogP contribution < -0.4 is 10.2 Å². The molecule has 2 aliphatic heterocycles. The van der Waals surface area contributed by atoms with Crippen LogP contribution in [0.1, 0.15) is 39.5 Å². The highest BCUT2D eigenvalue weighted by Crippen LogP contribution is 2.26. The molecule has 2 saturated heterocycles. The van der Waals surface area contributed by atoms with Gasteiger partial charge in [-0.2, -0.15) is 5.10 Å². The van der Waals surface area contributed by atoms with Gasteiger partial charge in [0.2, 0.25) is 0 Å². The first-order valence-corrected chi connectivity index (χ1v) is 9.84. The summed E-state index contributed by atoms with van der Waals surface area (Å²) in [4.78, 5) is 2.50. The van der Waals surface area contributed by atoms with Gasteiger partial charge in [-0.05, 0) is 69.9 Å². The quantitative estimate of drug-likeness (QED) is 0.914. The van der Waals surface area contributed by atoms with Crippen molar-refractivity contribution >= 4 is 5.69 Å². The lowest BCUT2D eigenvalue weighted by molar-refractivity contribution is -0.0644. The molecule has 0 spiro atoms. The van der Waals surface area contributed by atoms with E-state index in [1.54, 1.807) is 0 Å². The summed E-state index contributed by atoms with van der Waals surface area (Å²) >= 11 is 0. The molecule has 2 aliphatic rings. The number of anilines is 1. The third-order valence-corrected chi connectivity index (χ3v) is 5.65. The molecular weight excluding hydrogens is 324 g/mol. The van der Waals surface area contributed by atoms with Gasteiger partial charge in [0.1, 0.15) is 0 Å². The van der Waals surface area contributed by atoms with Crippen LogP contribution in [0.3, 0.4) is 0 Å². The zero-order valence-electron chi connectivity index (χ0n) is 15.9. The van der Waals surface area contributed by atoms with Crippen LogP contribution in [0, 0.1) is 0 Å². The third kappa shape index (κ3) is 4.10. The van der Waals surface area contributed by atoms with Crippen LogP contribution in [0.25, 0.3) is 5.69 Å². The second-order valence-electron chi connectivity index (χ2n) is 8.19. The number of nitrogens with zero attached hydrogens (tertiary/aromatic N) is 3. The van der Waals surface area contributed by atoms with E-state index in [4.69, 9.17) is 4.74 Å². The summed E-state index contributed by atoms with van der Waals surface area (Å²) in [6.07, 6.45) is 8.45. The lowest BCUT2D eigenvalue weighted by atomic mass is 9.92. The van der Waals surface area contributed by atoms with Crippen molar-refractivity contribution in [3.63, 3.8) is 0 Å². The maximum absolute atomic E-state index is 5.84. The lowest BCUT2D eigenvalue weighted by Crippen LogP contribution is -2.50. The Kier molecular flexibility index (Phi) is 5.00. The molecular formula is C21H30N4O. The van der Waals surface area contributed by atoms with E-state index in [9.17, 15) is 0 Å². The molecule has 140 valence electrons. The molecule has 0 amide bonds. The summed E-state index contributed by atoms with van der Waals surface area (Å²) in [7, 11) is 0. The highest BCUT2D eigenvalue weighted by molar-refractivity contribution is 5.51. The average Bonchev–Trinajstić information content (AvgIpc) is 3.16. The summed E-state index contributed by atoms with van der Waals surface area (Å²) in [5, 5.41) is 8.18. The minimum absolute atomic E-state index is 0.0208. The Balaban J connectivity index is 1.29.